The van der Waals surface area contributed by atoms with E-state index in [9.17, 15) is 0 Å². The zero-order chi connectivity index (χ0) is 10.6. The quantitative estimate of drug-likeness (QED) is 0.727. The number of aliphatic hydroxyl groups is 1. The average molecular weight is 201 g/mol. The Morgan fingerprint density at radius 1 is 1.50 bits per heavy atom. The van der Waals surface area contributed by atoms with E-state index in [0.29, 0.717) is 12.6 Å². The molecule has 84 valence electrons. The number of likely N-dealkylation sites (tertiary alicyclic amines) is 1. The minimum absolute atomic E-state index is 0.0391. The van der Waals surface area contributed by atoms with Gasteiger partial charge in [-0.25, -0.2) is 0 Å². The molecule has 1 aliphatic heterocycles. The van der Waals surface area contributed by atoms with Crippen LogP contribution in [0.4, 0.5) is 0 Å². The molecule has 1 atom stereocenters. The highest BCUT2D eigenvalue weighted by molar-refractivity contribution is 4.80. The molecule has 1 N–H and O–H groups in total. The second-order valence-corrected chi connectivity index (χ2v) is 4.73. The standard InChI is InChI=1S/C11H23NO2/c1-11(2,14-3)6-8-12-7-4-5-10(12)9-13/h10,13H,4-9H2,1-3H3. The molecule has 0 radical (unpaired) electrons. The fraction of sp³-hybridized carbons (Fsp3) is 1.00. The molecule has 1 rings (SSSR count). The third-order valence-electron chi connectivity index (χ3n) is 3.26. The van der Waals surface area contributed by atoms with Gasteiger partial charge in [-0.2, -0.15) is 0 Å². The topological polar surface area (TPSA) is 32.7 Å². The highest BCUT2D eigenvalue weighted by Crippen LogP contribution is 2.20. The number of nitrogens with zero attached hydrogens (tertiary/aromatic N) is 1. The van der Waals surface area contributed by atoms with Crippen LogP contribution in [0.1, 0.15) is 33.1 Å². The fourth-order valence-electron chi connectivity index (χ4n) is 1.91. The normalized spacial score (nSPS) is 24.4. The Kier molecular flexibility index (Phi) is 4.35. The molecule has 3 nitrogen and oxygen atoms in total. The second-order valence-electron chi connectivity index (χ2n) is 4.73. The van der Waals surface area contributed by atoms with Crippen molar-refractivity contribution in [2.24, 2.45) is 0 Å². The molecule has 0 aromatic carbocycles. The van der Waals surface area contributed by atoms with Gasteiger partial charge in [-0.3, -0.25) is 4.90 Å². The van der Waals surface area contributed by atoms with Gasteiger partial charge in [0.05, 0.1) is 12.2 Å². The van der Waals surface area contributed by atoms with Crippen LogP contribution in [0.5, 0.6) is 0 Å². The summed E-state index contributed by atoms with van der Waals surface area (Å²) in [5, 5.41) is 9.15. The fourth-order valence-corrected chi connectivity index (χ4v) is 1.91. The van der Waals surface area contributed by atoms with Crippen molar-refractivity contribution < 1.29 is 9.84 Å². The predicted molar refractivity (Wildman–Crippen MR) is 57.4 cm³/mol. The molecule has 14 heavy (non-hydrogen) atoms. The van der Waals surface area contributed by atoms with Gasteiger partial charge < -0.3 is 9.84 Å². The van der Waals surface area contributed by atoms with Gasteiger partial charge >= 0.3 is 0 Å². The van der Waals surface area contributed by atoms with Crippen LogP contribution in [-0.2, 0) is 4.74 Å². The van der Waals surface area contributed by atoms with Crippen molar-refractivity contribution in [1.82, 2.24) is 4.90 Å². The monoisotopic (exact) mass is 201 g/mol. The van der Waals surface area contributed by atoms with Crippen LogP contribution in [0, 0.1) is 0 Å². The van der Waals surface area contributed by atoms with E-state index in [4.69, 9.17) is 9.84 Å². The number of hydrogen-bond acceptors (Lipinski definition) is 3. The molecular formula is C11H23NO2. The summed E-state index contributed by atoms with van der Waals surface area (Å²) >= 11 is 0. The van der Waals surface area contributed by atoms with Gasteiger partial charge in [0.1, 0.15) is 0 Å². The molecule has 3 heteroatoms. The SMILES string of the molecule is COC(C)(C)CCN1CCCC1CO. The Labute approximate surface area is 87.1 Å². The van der Waals surface area contributed by atoms with Gasteiger partial charge in [-0.05, 0) is 39.7 Å². The van der Waals surface area contributed by atoms with E-state index < -0.39 is 0 Å². The molecule has 0 aromatic rings. The van der Waals surface area contributed by atoms with Gasteiger partial charge in [-0.15, -0.1) is 0 Å². The van der Waals surface area contributed by atoms with Crippen molar-refractivity contribution in [3.63, 3.8) is 0 Å². The number of aliphatic hydroxyl groups excluding tert-OH is 1. The number of ether oxygens (including phenoxy) is 1. The van der Waals surface area contributed by atoms with Gasteiger partial charge in [0.2, 0.25) is 0 Å². The van der Waals surface area contributed by atoms with Crippen LogP contribution in [0.3, 0.4) is 0 Å². The van der Waals surface area contributed by atoms with Crippen LogP contribution in [0.15, 0.2) is 0 Å². The van der Waals surface area contributed by atoms with Crippen LogP contribution in [0.2, 0.25) is 0 Å². The Morgan fingerprint density at radius 2 is 2.21 bits per heavy atom. The Balaban J connectivity index is 2.30. The summed E-state index contributed by atoms with van der Waals surface area (Å²) in [7, 11) is 1.76. The van der Waals surface area contributed by atoms with E-state index in [2.05, 4.69) is 18.7 Å². The van der Waals surface area contributed by atoms with E-state index in [1.165, 1.54) is 6.42 Å². The third kappa shape index (κ3) is 3.23. The first-order valence-corrected chi connectivity index (χ1v) is 5.49. The maximum absolute atomic E-state index is 9.15. The summed E-state index contributed by atoms with van der Waals surface area (Å²) in [5.41, 5.74) is -0.0391. The zero-order valence-electron chi connectivity index (χ0n) is 9.62. The van der Waals surface area contributed by atoms with Crippen LogP contribution < -0.4 is 0 Å². The molecule has 1 unspecified atom stereocenters. The molecule has 1 aliphatic rings. The Morgan fingerprint density at radius 3 is 2.79 bits per heavy atom. The summed E-state index contributed by atoms with van der Waals surface area (Å²) in [5.74, 6) is 0. The lowest BCUT2D eigenvalue weighted by Gasteiger charge is -2.28. The minimum atomic E-state index is -0.0391. The van der Waals surface area contributed by atoms with Gasteiger partial charge in [0.15, 0.2) is 0 Å². The largest absolute Gasteiger partial charge is 0.395 e. The zero-order valence-corrected chi connectivity index (χ0v) is 9.62. The highest BCUT2D eigenvalue weighted by atomic mass is 16.5. The summed E-state index contributed by atoms with van der Waals surface area (Å²) in [4.78, 5) is 2.38. The van der Waals surface area contributed by atoms with Gasteiger partial charge in [0, 0.05) is 19.7 Å². The lowest BCUT2D eigenvalue weighted by atomic mass is 10.0. The summed E-state index contributed by atoms with van der Waals surface area (Å²) in [6, 6.07) is 0.391. The summed E-state index contributed by atoms with van der Waals surface area (Å²) in [6.07, 6.45) is 3.39. The van der Waals surface area contributed by atoms with Gasteiger partial charge in [-0.1, -0.05) is 0 Å². The number of rotatable bonds is 5. The molecular weight excluding hydrogens is 178 g/mol. The maximum Gasteiger partial charge on any atom is 0.0634 e. The lowest BCUT2D eigenvalue weighted by molar-refractivity contribution is 0.00461. The molecule has 1 heterocycles. The van der Waals surface area contributed by atoms with E-state index in [1.807, 2.05) is 0 Å². The molecule has 0 aliphatic carbocycles. The molecule has 0 aromatic heterocycles. The molecule has 0 amide bonds. The van der Waals surface area contributed by atoms with E-state index in [0.717, 1.165) is 25.9 Å². The average Bonchev–Trinajstić information content (AvgIpc) is 2.62. The lowest BCUT2D eigenvalue weighted by Crippen LogP contribution is -2.37. The molecule has 1 fully saturated rings. The Bertz CT molecular complexity index is 171. The van der Waals surface area contributed by atoms with Crippen LogP contribution in [-0.4, -0.2) is 48.5 Å². The number of hydrogen-bond donors (Lipinski definition) is 1. The summed E-state index contributed by atoms with van der Waals surface area (Å²) in [6.45, 7) is 6.68. The van der Waals surface area contributed by atoms with Crippen molar-refractivity contribution in [3.8, 4) is 0 Å². The molecule has 0 bridgehead atoms. The number of methoxy groups -OCH3 is 1. The van der Waals surface area contributed by atoms with E-state index >= 15 is 0 Å². The van der Waals surface area contributed by atoms with E-state index in [-0.39, 0.29) is 5.60 Å². The van der Waals surface area contributed by atoms with Crippen molar-refractivity contribution in [3.05, 3.63) is 0 Å². The Hall–Kier alpha value is -0.120. The first kappa shape index (κ1) is 12.0. The summed E-state index contributed by atoms with van der Waals surface area (Å²) < 4.78 is 5.38. The smallest absolute Gasteiger partial charge is 0.0634 e. The van der Waals surface area contributed by atoms with Gasteiger partial charge in [0.25, 0.3) is 0 Å². The molecule has 1 saturated heterocycles. The minimum Gasteiger partial charge on any atom is -0.395 e. The van der Waals surface area contributed by atoms with Crippen molar-refractivity contribution in [2.75, 3.05) is 26.8 Å². The van der Waals surface area contributed by atoms with Crippen LogP contribution in [0.25, 0.3) is 0 Å². The highest BCUT2D eigenvalue weighted by Gasteiger charge is 2.25. The van der Waals surface area contributed by atoms with Crippen molar-refractivity contribution in [1.29, 1.82) is 0 Å². The first-order valence-electron chi connectivity index (χ1n) is 5.49. The van der Waals surface area contributed by atoms with Crippen molar-refractivity contribution >= 4 is 0 Å². The first-order chi connectivity index (χ1) is 6.59. The maximum atomic E-state index is 9.15. The predicted octanol–water partition coefficient (Wildman–Crippen LogP) is 1.26. The van der Waals surface area contributed by atoms with Crippen molar-refractivity contribution in [2.45, 2.75) is 44.8 Å². The third-order valence-corrected chi connectivity index (χ3v) is 3.26. The second kappa shape index (κ2) is 5.10. The molecule has 0 spiro atoms. The van der Waals surface area contributed by atoms with Crippen LogP contribution >= 0.6 is 0 Å². The molecule has 0 saturated carbocycles. The van der Waals surface area contributed by atoms with E-state index in [1.54, 1.807) is 7.11 Å².